The highest BCUT2D eigenvalue weighted by Crippen LogP contribution is 2.37. The van der Waals surface area contributed by atoms with Gasteiger partial charge in [-0.25, -0.2) is 0 Å². The third kappa shape index (κ3) is 8.88. The molecule has 3 N–H and O–H groups in total. The molecular weight excluding hydrogens is 637 g/mol. The van der Waals surface area contributed by atoms with Crippen LogP contribution in [0.15, 0.2) is 138 Å². The molecule has 0 radical (unpaired) electrons. The average Bonchev–Trinajstić information content (AvgIpc) is 3.06. The van der Waals surface area contributed by atoms with Gasteiger partial charge < -0.3 is 16.0 Å². The number of aryl methyl sites for hydroxylation is 1. The van der Waals surface area contributed by atoms with Gasteiger partial charge in [0.05, 0.1) is 10.7 Å². The molecule has 1 unspecified atom stereocenters. The van der Waals surface area contributed by atoms with Crippen molar-refractivity contribution in [2.75, 3.05) is 10.6 Å². The maximum Gasteiger partial charge on any atom is 0.272 e. The second kappa shape index (κ2) is 15.5. The van der Waals surface area contributed by atoms with Gasteiger partial charge in [0.15, 0.2) is 0 Å². The first-order valence-electron chi connectivity index (χ1n) is 14.3. The Morgan fingerprint density at radius 1 is 0.739 bits per heavy atom. The zero-order valence-electron chi connectivity index (χ0n) is 24.7. The van der Waals surface area contributed by atoms with Crippen LogP contribution in [0.2, 0.25) is 10.0 Å². The zero-order valence-corrected chi connectivity index (χ0v) is 27.0. The summed E-state index contributed by atoms with van der Waals surface area (Å²) in [4.78, 5) is 40.7. The first-order valence-corrected chi connectivity index (χ1v) is 15.9. The van der Waals surface area contributed by atoms with Crippen molar-refractivity contribution in [3.8, 4) is 0 Å². The first kappa shape index (κ1) is 32.6. The Morgan fingerprint density at radius 3 is 2.11 bits per heavy atom. The molecule has 6 nitrogen and oxygen atoms in total. The number of carbonyl (C=O) groups excluding carboxylic acids is 3. The molecule has 0 spiro atoms. The average molecular weight is 667 g/mol. The topological polar surface area (TPSA) is 87.3 Å². The van der Waals surface area contributed by atoms with E-state index in [1.54, 1.807) is 60.7 Å². The smallest absolute Gasteiger partial charge is 0.272 e. The molecule has 0 heterocycles. The first-order chi connectivity index (χ1) is 22.2. The predicted molar refractivity (Wildman–Crippen MR) is 188 cm³/mol. The van der Waals surface area contributed by atoms with Gasteiger partial charge in [0.2, 0.25) is 5.91 Å². The Balaban J connectivity index is 1.33. The van der Waals surface area contributed by atoms with Gasteiger partial charge in [0.1, 0.15) is 10.9 Å². The molecule has 46 heavy (non-hydrogen) atoms. The Kier molecular flexibility index (Phi) is 10.9. The van der Waals surface area contributed by atoms with Crippen LogP contribution in [-0.4, -0.2) is 17.7 Å². The molecule has 0 bridgehead atoms. The lowest BCUT2D eigenvalue weighted by molar-refractivity contribution is -0.116. The molecule has 0 aromatic heterocycles. The molecule has 0 aliphatic rings. The van der Waals surface area contributed by atoms with Crippen LogP contribution in [0.1, 0.15) is 32.3 Å². The molecule has 0 aliphatic heterocycles. The van der Waals surface area contributed by atoms with E-state index in [0.717, 1.165) is 21.6 Å². The van der Waals surface area contributed by atoms with Gasteiger partial charge in [0.25, 0.3) is 11.8 Å². The number of benzene rings is 5. The number of hydrogen-bond acceptors (Lipinski definition) is 4. The largest absolute Gasteiger partial charge is 0.323 e. The number of amides is 3. The quantitative estimate of drug-likeness (QED) is 0.103. The van der Waals surface area contributed by atoms with E-state index in [1.165, 1.54) is 11.8 Å². The van der Waals surface area contributed by atoms with E-state index in [9.17, 15) is 14.4 Å². The lowest BCUT2D eigenvalue weighted by atomic mass is 10.1. The third-order valence-corrected chi connectivity index (χ3v) is 8.59. The Hall–Kier alpha value is -4.82. The summed E-state index contributed by atoms with van der Waals surface area (Å²) in [5.41, 5.74) is 4.12. The van der Waals surface area contributed by atoms with Crippen molar-refractivity contribution in [2.24, 2.45) is 0 Å². The van der Waals surface area contributed by atoms with Crippen LogP contribution < -0.4 is 16.0 Å². The van der Waals surface area contributed by atoms with Gasteiger partial charge >= 0.3 is 0 Å². The van der Waals surface area contributed by atoms with Crippen molar-refractivity contribution in [2.45, 2.75) is 17.1 Å². The fourth-order valence-electron chi connectivity index (χ4n) is 4.51. The maximum absolute atomic E-state index is 13.5. The summed E-state index contributed by atoms with van der Waals surface area (Å²) in [7, 11) is 0. The molecule has 9 heteroatoms. The van der Waals surface area contributed by atoms with Gasteiger partial charge in [-0.2, -0.15) is 0 Å². The van der Waals surface area contributed by atoms with Gasteiger partial charge in [0, 0.05) is 21.2 Å². The van der Waals surface area contributed by atoms with Crippen molar-refractivity contribution in [3.63, 3.8) is 0 Å². The van der Waals surface area contributed by atoms with E-state index >= 15 is 0 Å². The standard InChI is InChI=1S/C37H29Cl2N3O3S/c1-24-9-8-10-25(21-24)22-33(42-35(43)27-13-6-3-7-14-27)36(44)40-29-16-18-30(19-17-29)46-34(26-11-4-2-5-12-26)37(45)41-32-20-15-28(38)23-31(32)39/h2-23,34H,1H3,(H,40,44)(H,41,45)(H,42,43)/b33-22-. The summed E-state index contributed by atoms with van der Waals surface area (Å²) in [6.07, 6.45) is 1.64. The fraction of sp³-hybridized carbons (Fsp3) is 0.0541. The summed E-state index contributed by atoms with van der Waals surface area (Å²) in [5, 5.41) is 8.77. The molecule has 0 fully saturated rings. The van der Waals surface area contributed by atoms with E-state index in [4.69, 9.17) is 23.2 Å². The number of rotatable bonds is 10. The van der Waals surface area contributed by atoms with Gasteiger partial charge in [-0.15, -0.1) is 11.8 Å². The Labute approximate surface area is 281 Å². The highest BCUT2D eigenvalue weighted by Gasteiger charge is 2.23. The van der Waals surface area contributed by atoms with Crippen LogP contribution in [-0.2, 0) is 9.59 Å². The van der Waals surface area contributed by atoms with Gasteiger partial charge in [-0.3, -0.25) is 14.4 Å². The molecule has 5 rings (SSSR count). The zero-order chi connectivity index (χ0) is 32.5. The monoisotopic (exact) mass is 665 g/mol. The number of carbonyl (C=O) groups is 3. The number of hydrogen-bond donors (Lipinski definition) is 3. The van der Waals surface area contributed by atoms with Crippen LogP contribution in [0, 0.1) is 6.92 Å². The lowest BCUT2D eigenvalue weighted by Crippen LogP contribution is -2.30. The molecule has 1 atom stereocenters. The van der Waals surface area contributed by atoms with Gasteiger partial charge in [-0.1, -0.05) is 102 Å². The second-order valence-electron chi connectivity index (χ2n) is 10.3. The van der Waals surface area contributed by atoms with Crippen LogP contribution in [0.3, 0.4) is 0 Å². The maximum atomic E-state index is 13.5. The van der Waals surface area contributed by atoms with Crippen molar-refractivity contribution in [3.05, 3.63) is 165 Å². The summed E-state index contributed by atoms with van der Waals surface area (Å²) in [6, 6.07) is 37.8. The van der Waals surface area contributed by atoms with Crippen molar-refractivity contribution in [1.82, 2.24) is 5.32 Å². The van der Waals surface area contributed by atoms with Crippen molar-refractivity contribution >= 4 is 70.1 Å². The predicted octanol–water partition coefficient (Wildman–Crippen LogP) is 9.18. The van der Waals surface area contributed by atoms with Crippen molar-refractivity contribution in [1.29, 1.82) is 0 Å². The van der Waals surface area contributed by atoms with E-state index in [2.05, 4.69) is 16.0 Å². The summed E-state index contributed by atoms with van der Waals surface area (Å²) in [5.74, 6) is -1.13. The van der Waals surface area contributed by atoms with Crippen LogP contribution in [0.5, 0.6) is 0 Å². The number of thioether (sulfide) groups is 1. The van der Waals surface area contributed by atoms with Gasteiger partial charge in [-0.05, 0) is 78.7 Å². The Bertz CT molecular complexity index is 1880. The highest BCUT2D eigenvalue weighted by atomic mass is 35.5. The third-order valence-electron chi connectivity index (χ3n) is 6.78. The second-order valence-corrected chi connectivity index (χ2v) is 12.3. The molecule has 5 aromatic carbocycles. The number of nitrogens with one attached hydrogen (secondary N) is 3. The summed E-state index contributed by atoms with van der Waals surface area (Å²) in [6.45, 7) is 1.96. The van der Waals surface area contributed by atoms with Crippen LogP contribution >= 0.6 is 35.0 Å². The highest BCUT2D eigenvalue weighted by molar-refractivity contribution is 8.00. The molecule has 5 aromatic rings. The molecule has 230 valence electrons. The SMILES string of the molecule is Cc1cccc(/C=C(\NC(=O)c2ccccc2)C(=O)Nc2ccc(SC(C(=O)Nc3ccc(Cl)cc3Cl)c3ccccc3)cc2)c1. The van der Waals surface area contributed by atoms with E-state index < -0.39 is 17.1 Å². The van der Waals surface area contributed by atoms with E-state index in [-0.39, 0.29) is 11.6 Å². The van der Waals surface area contributed by atoms with Crippen LogP contribution in [0.4, 0.5) is 11.4 Å². The minimum atomic E-state index is -0.592. The Morgan fingerprint density at radius 2 is 1.43 bits per heavy atom. The molecule has 0 saturated heterocycles. The number of anilines is 2. The summed E-state index contributed by atoms with van der Waals surface area (Å²) >= 11 is 13.7. The van der Waals surface area contributed by atoms with E-state index in [0.29, 0.717) is 27.0 Å². The van der Waals surface area contributed by atoms with Crippen molar-refractivity contribution < 1.29 is 14.4 Å². The fourth-order valence-corrected chi connectivity index (χ4v) is 5.99. The molecule has 0 aliphatic carbocycles. The number of halogens is 2. The molecular formula is C37H29Cl2N3O3S. The summed E-state index contributed by atoms with van der Waals surface area (Å²) < 4.78 is 0. The van der Waals surface area contributed by atoms with E-state index in [1.807, 2.05) is 79.7 Å². The molecule has 0 saturated carbocycles. The lowest BCUT2D eigenvalue weighted by Gasteiger charge is -2.18. The molecule has 3 amide bonds. The normalized spacial score (nSPS) is 11.8. The minimum Gasteiger partial charge on any atom is -0.323 e. The minimum absolute atomic E-state index is 0.0968. The van der Waals surface area contributed by atoms with Crippen LogP contribution in [0.25, 0.3) is 6.08 Å².